The maximum atomic E-state index is 3.45. The van der Waals surface area contributed by atoms with Crippen LogP contribution in [0.1, 0.15) is 24.8 Å². The molecule has 1 saturated carbocycles. The minimum absolute atomic E-state index is 0.691. The largest absolute Gasteiger partial charge is 0.315 e. The van der Waals surface area contributed by atoms with Gasteiger partial charge in [0.05, 0.1) is 0 Å². The van der Waals surface area contributed by atoms with Crippen molar-refractivity contribution >= 4 is 0 Å². The molecule has 2 unspecified atom stereocenters. The van der Waals surface area contributed by atoms with Gasteiger partial charge >= 0.3 is 0 Å². The van der Waals surface area contributed by atoms with Crippen LogP contribution in [0.2, 0.25) is 0 Å². The van der Waals surface area contributed by atoms with Crippen molar-refractivity contribution < 1.29 is 0 Å². The molecule has 0 saturated heterocycles. The maximum Gasteiger partial charge on any atom is 0.0246 e. The Morgan fingerprint density at radius 1 is 1.24 bits per heavy atom. The monoisotopic (exact) mass is 232 g/mol. The van der Waals surface area contributed by atoms with Gasteiger partial charge in [-0.1, -0.05) is 36.8 Å². The van der Waals surface area contributed by atoms with Crippen LogP contribution in [0.3, 0.4) is 0 Å². The summed E-state index contributed by atoms with van der Waals surface area (Å²) in [5.74, 6) is 0. The van der Waals surface area contributed by atoms with Gasteiger partial charge in [-0.3, -0.25) is 0 Å². The van der Waals surface area contributed by atoms with Gasteiger partial charge in [0.15, 0.2) is 0 Å². The number of rotatable bonds is 5. The molecule has 0 spiro atoms. The summed E-state index contributed by atoms with van der Waals surface area (Å²) in [5, 5.41) is 3.45. The highest BCUT2D eigenvalue weighted by Crippen LogP contribution is 2.23. The first-order valence-corrected chi connectivity index (χ1v) is 6.72. The summed E-state index contributed by atoms with van der Waals surface area (Å²) in [6.07, 6.45) is 5.20. The van der Waals surface area contributed by atoms with E-state index >= 15 is 0 Å². The van der Waals surface area contributed by atoms with Crippen molar-refractivity contribution in [3.05, 3.63) is 35.9 Å². The Morgan fingerprint density at radius 2 is 2.00 bits per heavy atom. The Balaban J connectivity index is 1.83. The van der Waals surface area contributed by atoms with Crippen LogP contribution >= 0.6 is 0 Å². The van der Waals surface area contributed by atoms with Crippen molar-refractivity contribution in [3.8, 4) is 0 Å². The van der Waals surface area contributed by atoms with Crippen molar-refractivity contribution in [2.24, 2.45) is 0 Å². The maximum absolute atomic E-state index is 3.45. The highest BCUT2D eigenvalue weighted by atomic mass is 15.2. The molecular formula is C15H24N2. The first-order valence-electron chi connectivity index (χ1n) is 6.72. The molecule has 1 N–H and O–H groups in total. The van der Waals surface area contributed by atoms with Crippen molar-refractivity contribution in [1.82, 2.24) is 10.2 Å². The summed E-state index contributed by atoms with van der Waals surface area (Å²) in [6, 6.07) is 12.2. The van der Waals surface area contributed by atoms with Crippen molar-refractivity contribution in [1.29, 1.82) is 0 Å². The summed E-state index contributed by atoms with van der Waals surface area (Å²) < 4.78 is 0. The van der Waals surface area contributed by atoms with Crippen LogP contribution in [0, 0.1) is 0 Å². The molecule has 2 rings (SSSR count). The summed E-state index contributed by atoms with van der Waals surface area (Å²) in [6.45, 7) is 1.16. The third kappa shape index (κ3) is 3.30. The van der Waals surface area contributed by atoms with E-state index in [9.17, 15) is 0 Å². The number of likely N-dealkylation sites (N-methyl/N-ethyl adjacent to an activating group) is 2. The minimum atomic E-state index is 0.691. The molecule has 94 valence electrons. The molecule has 17 heavy (non-hydrogen) atoms. The summed E-state index contributed by atoms with van der Waals surface area (Å²) in [7, 11) is 4.36. The molecule has 2 heteroatoms. The molecule has 0 radical (unpaired) electrons. The Hall–Kier alpha value is -0.860. The predicted molar refractivity (Wildman–Crippen MR) is 73.3 cm³/mol. The lowest BCUT2D eigenvalue weighted by molar-refractivity contribution is 0.218. The molecule has 1 aromatic rings. The van der Waals surface area contributed by atoms with Crippen molar-refractivity contribution in [3.63, 3.8) is 0 Å². The quantitative estimate of drug-likeness (QED) is 0.838. The number of hydrogen-bond donors (Lipinski definition) is 1. The first-order chi connectivity index (χ1) is 8.31. The summed E-state index contributed by atoms with van der Waals surface area (Å²) >= 11 is 0. The Labute approximate surface area is 105 Å². The van der Waals surface area contributed by atoms with Gasteiger partial charge < -0.3 is 10.2 Å². The van der Waals surface area contributed by atoms with E-state index in [2.05, 4.69) is 54.6 Å². The molecular weight excluding hydrogens is 208 g/mol. The average Bonchev–Trinajstić information content (AvgIpc) is 2.85. The Kier molecular flexibility index (Phi) is 4.57. The third-order valence-electron chi connectivity index (χ3n) is 4.01. The average molecular weight is 232 g/mol. The highest BCUT2D eigenvalue weighted by Gasteiger charge is 2.28. The molecule has 2 nitrogen and oxygen atoms in total. The second-order valence-corrected chi connectivity index (χ2v) is 5.11. The highest BCUT2D eigenvalue weighted by molar-refractivity contribution is 5.14. The van der Waals surface area contributed by atoms with E-state index < -0.39 is 0 Å². The molecule has 0 heterocycles. The number of nitrogens with one attached hydrogen (secondary N) is 1. The molecule has 0 aliphatic heterocycles. The lowest BCUT2D eigenvalue weighted by atomic mass is 10.1. The predicted octanol–water partition coefficient (Wildman–Crippen LogP) is 2.30. The molecule has 2 atom stereocenters. The van der Waals surface area contributed by atoms with E-state index in [1.165, 1.54) is 24.8 Å². The first kappa shape index (κ1) is 12.6. The van der Waals surface area contributed by atoms with Crippen molar-refractivity contribution in [2.45, 2.75) is 37.8 Å². The van der Waals surface area contributed by atoms with Gasteiger partial charge in [0.25, 0.3) is 0 Å². The van der Waals surface area contributed by atoms with Gasteiger partial charge in [0.1, 0.15) is 0 Å². The Bertz CT molecular complexity index is 323. The summed E-state index contributed by atoms with van der Waals surface area (Å²) in [4.78, 5) is 2.53. The van der Waals surface area contributed by atoms with Gasteiger partial charge in [-0.2, -0.15) is 0 Å². The molecule has 0 aromatic heterocycles. The van der Waals surface area contributed by atoms with E-state index in [1.807, 2.05) is 0 Å². The molecule has 0 amide bonds. The van der Waals surface area contributed by atoms with E-state index in [0.29, 0.717) is 6.04 Å². The lowest BCUT2D eigenvalue weighted by Crippen LogP contribution is -2.44. The number of hydrogen-bond acceptors (Lipinski definition) is 2. The molecule has 1 aliphatic carbocycles. The van der Waals surface area contributed by atoms with E-state index in [-0.39, 0.29) is 0 Å². The minimum Gasteiger partial charge on any atom is -0.315 e. The molecule has 1 aliphatic rings. The Morgan fingerprint density at radius 3 is 2.71 bits per heavy atom. The van der Waals surface area contributed by atoms with Crippen LogP contribution in [-0.4, -0.2) is 37.6 Å². The van der Waals surface area contributed by atoms with Crippen LogP contribution < -0.4 is 5.32 Å². The topological polar surface area (TPSA) is 15.3 Å². The second kappa shape index (κ2) is 6.18. The van der Waals surface area contributed by atoms with Gasteiger partial charge in [0, 0.05) is 18.6 Å². The molecule has 1 aromatic carbocycles. The van der Waals surface area contributed by atoms with Crippen molar-refractivity contribution in [2.75, 3.05) is 20.6 Å². The van der Waals surface area contributed by atoms with Crippen LogP contribution in [0.25, 0.3) is 0 Å². The van der Waals surface area contributed by atoms with Gasteiger partial charge in [-0.15, -0.1) is 0 Å². The number of benzene rings is 1. The van der Waals surface area contributed by atoms with Gasteiger partial charge in [-0.25, -0.2) is 0 Å². The van der Waals surface area contributed by atoms with Crippen LogP contribution in [-0.2, 0) is 6.42 Å². The van der Waals surface area contributed by atoms with Crippen LogP contribution in [0.4, 0.5) is 0 Å². The molecule has 1 fully saturated rings. The van der Waals surface area contributed by atoms with E-state index in [4.69, 9.17) is 0 Å². The third-order valence-corrected chi connectivity index (χ3v) is 4.01. The van der Waals surface area contributed by atoms with Gasteiger partial charge in [0.2, 0.25) is 0 Å². The smallest absolute Gasteiger partial charge is 0.0246 e. The molecule has 0 bridgehead atoms. The zero-order valence-electron chi connectivity index (χ0n) is 11.0. The fraction of sp³-hybridized carbons (Fsp3) is 0.600. The summed E-state index contributed by atoms with van der Waals surface area (Å²) in [5.41, 5.74) is 1.44. The standard InChI is InChI=1S/C15H24N2/c1-16-14-9-6-10-15(14)17(2)12-11-13-7-4-3-5-8-13/h3-5,7-8,14-16H,6,9-12H2,1-2H3. The van der Waals surface area contributed by atoms with E-state index in [0.717, 1.165) is 19.0 Å². The number of nitrogens with zero attached hydrogens (tertiary/aromatic N) is 1. The fourth-order valence-electron chi connectivity index (χ4n) is 2.92. The SMILES string of the molecule is CNC1CCCC1N(C)CCc1ccccc1. The second-order valence-electron chi connectivity index (χ2n) is 5.11. The van der Waals surface area contributed by atoms with Crippen LogP contribution in [0.15, 0.2) is 30.3 Å². The van der Waals surface area contributed by atoms with E-state index in [1.54, 1.807) is 0 Å². The van der Waals surface area contributed by atoms with Gasteiger partial charge in [-0.05, 0) is 38.9 Å². The normalized spacial score (nSPS) is 24.4. The fourth-order valence-corrected chi connectivity index (χ4v) is 2.92. The van der Waals surface area contributed by atoms with Crippen LogP contribution in [0.5, 0.6) is 0 Å². The zero-order valence-corrected chi connectivity index (χ0v) is 11.0. The zero-order chi connectivity index (χ0) is 12.1. The lowest BCUT2D eigenvalue weighted by Gasteiger charge is -2.29.